The molecule has 5 rings (SSSR count). The van der Waals surface area contributed by atoms with Gasteiger partial charge in [0.15, 0.2) is 0 Å². The van der Waals surface area contributed by atoms with Gasteiger partial charge in [-0.2, -0.15) is 0 Å². The number of aryl methyl sites for hydroxylation is 1. The largest absolute Gasteiger partial charge is 0.348 e. The van der Waals surface area contributed by atoms with Crippen LogP contribution in [0.25, 0.3) is 6.08 Å². The van der Waals surface area contributed by atoms with Crippen molar-refractivity contribution in [1.82, 2.24) is 10.2 Å². The molecule has 1 heterocycles. The van der Waals surface area contributed by atoms with Gasteiger partial charge in [0.25, 0.3) is 11.8 Å². The summed E-state index contributed by atoms with van der Waals surface area (Å²) in [5.41, 5.74) is 4.80. The van der Waals surface area contributed by atoms with Gasteiger partial charge in [0, 0.05) is 35.0 Å². The zero-order valence-corrected chi connectivity index (χ0v) is 22.5. The number of hydrogen-bond donors (Lipinski definition) is 1. The lowest BCUT2D eigenvalue weighted by atomic mass is 9.92. The number of nitrogens with one attached hydrogen (secondary N) is 1. The van der Waals surface area contributed by atoms with Gasteiger partial charge in [-0.3, -0.25) is 9.59 Å². The van der Waals surface area contributed by atoms with Crippen molar-refractivity contribution >= 4 is 41.3 Å². The van der Waals surface area contributed by atoms with Crippen LogP contribution in [-0.2, 0) is 17.9 Å². The molecular weight excluding hydrogens is 500 g/mol. The van der Waals surface area contributed by atoms with Crippen molar-refractivity contribution in [3.8, 4) is 0 Å². The number of rotatable bonds is 6. The van der Waals surface area contributed by atoms with E-state index >= 15 is 0 Å². The minimum atomic E-state index is -0.156. The van der Waals surface area contributed by atoms with E-state index in [1.165, 1.54) is 24.0 Å². The Kier molecular flexibility index (Phi) is 8.02. The molecule has 2 amide bonds. The quantitative estimate of drug-likeness (QED) is 0.349. The lowest BCUT2D eigenvalue weighted by molar-refractivity contribution is -0.130. The van der Waals surface area contributed by atoms with Crippen LogP contribution in [-0.4, -0.2) is 28.0 Å². The molecular formula is C31H31ClN2O2S. The van der Waals surface area contributed by atoms with Gasteiger partial charge in [0.1, 0.15) is 0 Å². The Morgan fingerprint density at radius 2 is 1.70 bits per heavy atom. The topological polar surface area (TPSA) is 49.4 Å². The molecule has 0 spiro atoms. The summed E-state index contributed by atoms with van der Waals surface area (Å²) in [5.74, 6) is -0.0466. The van der Waals surface area contributed by atoms with Crippen LogP contribution in [0.2, 0.25) is 5.02 Å². The number of amides is 2. The van der Waals surface area contributed by atoms with Crippen molar-refractivity contribution in [2.75, 3.05) is 0 Å². The number of carbonyl (C=O) groups excluding carboxylic acids is 2. The van der Waals surface area contributed by atoms with Crippen molar-refractivity contribution in [2.45, 2.75) is 57.0 Å². The summed E-state index contributed by atoms with van der Waals surface area (Å²) in [6.07, 6.45) is 6.58. The Morgan fingerprint density at radius 3 is 2.46 bits per heavy atom. The molecule has 3 aromatic rings. The molecule has 190 valence electrons. The van der Waals surface area contributed by atoms with E-state index in [1.807, 2.05) is 54.6 Å². The second kappa shape index (κ2) is 11.6. The van der Waals surface area contributed by atoms with Gasteiger partial charge in [0.2, 0.25) is 0 Å². The van der Waals surface area contributed by atoms with Crippen LogP contribution in [0.3, 0.4) is 0 Å². The maximum atomic E-state index is 13.7. The van der Waals surface area contributed by atoms with Crippen molar-refractivity contribution in [3.05, 3.63) is 111 Å². The minimum absolute atomic E-state index is 0.109. The highest BCUT2D eigenvalue weighted by atomic mass is 35.5. The van der Waals surface area contributed by atoms with E-state index in [9.17, 15) is 9.59 Å². The van der Waals surface area contributed by atoms with Gasteiger partial charge >= 0.3 is 0 Å². The molecule has 2 fully saturated rings. The normalized spacial score (nSPS) is 20.5. The number of fused-ring (bicyclic) bond motifs is 1. The fourth-order valence-electron chi connectivity index (χ4n) is 5.13. The van der Waals surface area contributed by atoms with Gasteiger partial charge in [-0.1, -0.05) is 79.0 Å². The van der Waals surface area contributed by atoms with Crippen LogP contribution in [0.5, 0.6) is 0 Å². The molecule has 6 heteroatoms. The molecule has 1 aliphatic heterocycles. The molecule has 1 aliphatic carbocycles. The number of carbonyl (C=O) groups is 2. The molecule has 1 saturated heterocycles. The summed E-state index contributed by atoms with van der Waals surface area (Å²) >= 11 is 7.93. The third-order valence-corrected chi connectivity index (χ3v) is 9.06. The molecule has 1 saturated carbocycles. The number of hydrogen-bond acceptors (Lipinski definition) is 3. The van der Waals surface area contributed by atoms with Crippen molar-refractivity contribution in [2.24, 2.45) is 0 Å². The van der Waals surface area contributed by atoms with Crippen molar-refractivity contribution in [3.63, 3.8) is 0 Å². The van der Waals surface area contributed by atoms with Crippen LogP contribution in [0.4, 0.5) is 0 Å². The Hall–Kier alpha value is -3.02. The summed E-state index contributed by atoms with van der Waals surface area (Å²) in [6.45, 7) is 3.13. The van der Waals surface area contributed by atoms with E-state index in [0.717, 1.165) is 28.9 Å². The fourth-order valence-corrected chi connectivity index (χ4v) is 6.81. The van der Waals surface area contributed by atoms with Crippen LogP contribution in [0, 0.1) is 6.92 Å². The first kappa shape index (κ1) is 25.6. The van der Waals surface area contributed by atoms with Gasteiger partial charge in [0.05, 0.1) is 4.91 Å². The summed E-state index contributed by atoms with van der Waals surface area (Å²) < 4.78 is 0. The van der Waals surface area contributed by atoms with Gasteiger partial charge in [-0.05, 0) is 66.3 Å². The maximum absolute atomic E-state index is 13.7. The lowest BCUT2D eigenvalue weighted by Gasteiger charge is -2.44. The molecule has 3 aromatic carbocycles. The summed E-state index contributed by atoms with van der Waals surface area (Å²) in [7, 11) is 0. The molecule has 4 nitrogen and oxygen atoms in total. The monoisotopic (exact) mass is 530 g/mol. The fraction of sp³-hybridized carbons (Fsp3) is 0.290. The van der Waals surface area contributed by atoms with Crippen LogP contribution in [0.1, 0.15) is 58.3 Å². The average Bonchev–Trinajstić information content (AvgIpc) is 2.92. The SMILES string of the molecule is Cc1ccccc1CN1C(=O)/C(=C\c2ccc(C(=O)NCc3ccccc3Cl)cc2)SC2CCCCC21. The number of thioether (sulfide) groups is 1. The first-order valence-corrected chi connectivity index (χ1v) is 14.1. The first-order chi connectivity index (χ1) is 18.0. The van der Waals surface area contributed by atoms with Gasteiger partial charge in [-0.25, -0.2) is 0 Å². The second-order valence-electron chi connectivity index (χ2n) is 9.77. The Labute approximate surface area is 228 Å². The zero-order valence-electron chi connectivity index (χ0n) is 21.0. The van der Waals surface area contributed by atoms with Crippen molar-refractivity contribution in [1.29, 1.82) is 0 Å². The van der Waals surface area contributed by atoms with Crippen LogP contribution < -0.4 is 5.32 Å². The third kappa shape index (κ3) is 5.94. The molecule has 0 radical (unpaired) electrons. The molecule has 0 aromatic heterocycles. The van der Waals surface area contributed by atoms with Gasteiger partial charge in [-0.15, -0.1) is 11.8 Å². The highest BCUT2D eigenvalue weighted by Gasteiger charge is 2.40. The lowest BCUT2D eigenvalue weighted by Crippen LogP contribution is -2.50. The Balaban J connectivity index is 1.31. The third-order valence-electron chi connectivity index (χ3n) is 7.29. The Bertz CT molecular complexity index is 1320. The zero-order chi connectivity index (χ0) is 25.8. The molecule has 2 aliphatic rings. The van der Waals surface area contributed by atoms with Crippen LogP contribution in [0.15, 0.2) is 77.7 Å². The minimum Gasteiger partial charge on any atom is -0.348 e. The van der Waals surface area contributed by atoms with E-state index < -0.39 is 0 Å². The number of halogens is 1. The number of nitrogens with zero attached hydrogens (tertiary/aromatic N) is 1. The van der Waals surface area contributed by atoms with E-state index in [0.29, 0.717) is 28.9 Å². The second-order valence-corrected chi connectivity index (χ2v) is 11.5. The first-order valence-electron chi connectivity index (χ1n) is 12.8. The molecule has 2 atom stereocenters. The predicted molar refractivity (Wildman–Crippen MR) is 152 cm³/mol. The van der Waals surface area contributed by atoms with Crippen LogP contribution >= 0.6 is 23.4 Å². The summed E-state index contributed by atoms with van der Waals surface area (Å²) in [4.78, 5) is 29.2. The Morgan fingerprint density at radius 1 is 1.00 bits per heavy atom. The number of benzene rings is 3. The van der Waals surface area contributed by atoms with E-state index in [2.05, 4.69) is 29.3 Å². The highest BCUT2D eigenvalue weighted by molar-refractivity contribution is 8.04. The van der Waals surface area contributed by atoms with E-state index in [4.69, 9.17) is 11.6 Å². The molecule has 0 bridgehead atoms. The van der Waals surface area contributed by atoms with Gasteiger partial charge < -0.3 is 10.2 Å². The van der Waals surface area contributed by atoms with E-state index in [1.54, 1.807) is 23.9 Å². The molecule has 37 heavy (non-hydrogen) atoms. The highest BCUT2D eigenvalue weighted by Crippen LogP contribution is 2.42. The molecule has 1 N–H and O–H groups in total. The maximum Gasteiger partial charge on any atom is 0.260 e. The van der Waals surface area contributed by atoms with E-state index in [-0.39, 0.29) is 17.9 Å². The van der Waals surface area contributed by atoms with Crippen molar-refractivity contribution < 1.29 is 9.59 Å². The average molecular weight is 531 g/mol. The predicted octanol–water partition coefficient (Wildman–Crippen LogP) is 7.01. The molecule has 2 unspecified atom stereocenters. The summed E-state index contributed by atoms with van der Waals surface area (Å²) in [5, 5.41) is 3.99. The summed E-state index contributed by atoms with van der Waals surface area (Å²) in [6, 6.07) is 23.5. The smallest absolute Gasteiger partial charge is 0.260 e. The standard InChI is InChI=1S/C31H31ClN2O2S/c1-21-8-2-3-10-25(21)20-34-27-12-6-7-13-28(27)37-29(31(34)36)18-22-14-16-23(17-15-22)30(35)33-19-24-9-4-5-11-26(24)32/h2-5,8-11,14-18,27-28H,6-7,12-13,19-20H2,1H3,(H,33,35)/b29-18+.